The number of aromatic nitrogens is 2. The summed E-state index contributed by atoms with van der Waals surface area (Å²) in [6, 6.07) is 11.6. The minimum absolute atomic E-state index is 0.00144. The van der Waals surface area contributed by atoms with E-state index < -0.39 is 11.4 Å². The molecule has 1 aromatic carbocycles. The molecule has 2 bridgehead atoms. The molecule has 2 N–H and O–H groups in total. The fraction of sp³-hybridized carbons (Fsp3) is 0.320. The molecule has 3 heterocycles. The summed E-state index contributed by atoms with van der Waals surface area (Å²) in [5, 5.41) is 14.6. The zero-order chi connectivity index (χ0) is 22.0. The summed E-state index contributed by atoms with van der Waals surface area (Å²) in [7, 11) is 0. The quantitative estimate of drug-likeness (QED) is 0.482. The van der Waals surface area contributed by atoms with E-state index in [1.54, 1.807) is 12.4 Å². The lowest BCUT2D eigenvalue weighted by Gasteiger charge is -2.67. The van der Waals surface area contributed by atoms with Gasteiger partial charge in [0, 0.05) is 35.4 Å². The van der Waals surface area contributed by atoms with E-state index in [0.717, 1.165) is 40.5 Å². The average Bonchev–Trinajstić information content (AvgIpc) is 3.29. The monoisotopic (exact) mass is 429 g/mol. The van der Waals surface area contributed by atoms with Crippen molar-refractivity contribution in [1.29, 1.82) is 0 Å². The van der Waals surface area contributed by atoms with Crippen LogP contribution in [0.3, 0.4) is 0 Å². The lowest BCUT2D eigenvalue weighted by Crippen LogP contribution is -2.70. The van der Waals surface area contributed by atoms with Crippen molar-refractivity contribution in [2.75, 3.05) is 0 Å². The molecule has 7 heteroatoms. The molecule has 2 unspecified atom stereocenters. The van der Waals surface area contributed by atoms with Gasteiger partial charge in [-0.25, -0.2) is 0 Å². The van der Waals surface area contributed by atoms with Crippen LogP contribution in [0.5, 0.6) is 0 Å². The number of fused-ring (bicyclic) bond motifs is 2. The number of carboxylic acids is 1. The summed E-state index contributed by atoms with van der Waals surface area (Å²) in [6.07, 6.45) is 6.70. The highest BCUT2D eigenvalue weighted by Crippen LogP contribution is 2.69. The van der Waals surface area contributed by atoms with Crippen molar-refractivity contribution in [3.8, 4) is 0 Å². The summed E-state index contributed by atoms with van der Waals surface area (Å²) < 4.78 is 7.96. The number of pyridine rings is 1. The molecule has 0 radical (unpaired) electrons. The second kappa shape index (κ2) is 6.69. The number of carbonyl (C=O) groups is 2. The number of furan rings is 1. The van der Waals surface area contributed by atoms with Crippen LogP contribution in [0.4, 0.5) is 0 Å². The van der Waals surface area contributed by atoms with E-state index >= 15 is 0 Å². The maximum Gasteiger partial charge on any atom is 0.310 e. The number of nitrogens with one attached hydrogen (secondary N) is 1. The molecule has 2 atom stereocenters. The zero-order valence-electron chi connectivity index (χ0n) is 17.6. The number of aliphatic carboxylic acids is 1. The Morgan fingerprint density at radius 3 is 2.78 bits per heavy atom. The molecule has 7 nitrogen and oxygen atoms in total. The first-order chi connectivity index (χ1) is 15.5. The molecule has 7 rings (SSSR count). The highest BCUT2D eigenvalue weighted by Gasteiger charge is 2.71. The lowest BCUT2D eigenvalue weighted by molar-refractivity contribution is -0.221. The zero-order valence-corrected chi connectivity index (χ0v) is 17.6. The number of benzene rings is 1. The molecule has 3 aliphatic rings. The molecule has 0 saturated heterocycles. The van der Waals surface area contributed by atoms with E-state index in [1.807, 2.05) is 54.1 Å². The van der Waals surface area contributed by atoms with Crippen LogP contribution in [-0.2, 0) is 11.3 Å². The first kappa shape index (κ1) is 19.1. The van der Waals surface area contributed by atoms with Gasteiger partial charge in [-0.1, -0.05) is 18.2 Å². The average molecular weight is 429 g/mol. The number of carbonyl (C=O) groups excluding carboxylic acids is 1. The highest BCUT2D eigenvalue weighted by molar-refractivity contribution is 6.05. The highest BCUT2D eigenvalue weighted by atomic mass is 16.4. The van der Waals surface area contributed by atoms with Crippen LogP contribution < -0.4 is 5.32 Å². The molecule has 0 aliphatic heterocycles. The van der Waals surface area contributed by atoms with Crippen molar-refractivity contribution in [1.82, 2.24) is 14.9 Å². The Bertz CT molecular complexity index is 1350. The summed E-state index contributed by atoms with van der Waals surface area (Å²) >= 11 is 0. The summed E-state index contributed by atoms with van der Waals surface area (Å²) in [5.74, 6) is 0.227. The first-order valence-corrected chi connectivity index (χ1v) is 10.9. The predicted octanol–water partition coefficient (Wildman–Crippen LogP) is 4.06. The van der Waals surface area contributed by atoms with E-state index in [9.17, 15) is 14.7 Å². The first-order valence-electron chi connectivity index (χ1n) is 10.9. The van der Waals surface area contributed by atoms with Gasteiger partial charge in [0.05, 0.1) is 23.0 Å². The van der Waals surface area contributed by atoms with Crippen molar-refractivity contribution in [2.45, 2.75) is 32.4 Å². The molecular formula is C25H23N3O4. The second-order valence-electron chi connectivity index (χ2n) is 9.24. The Morgan fingerprint density at radius 1 is 1.25 bits per heavy atom. The third kappa shape index (κ3) is 2.63. The SMILES string of the molecule is CC(NC(=O)c1cncc2ccn(Cc3cc4ccccc4o3)c12)C1C2CC1(C(=O)O)C2. The van der Waals surface area contributed by atoms with Gasteiger partial charge in [0.25, 0.3) is 5.91 Å². The maximum absolute atomic E-state index is 13.2. The van der Waals surface area contributed by atoms with Crippen LogP contribution in [0.25, 0.3) is 21.9 Å². The van der Waals surface area contributed by atoms with E-state index in [0.29, 0.717) is 18.0 Å². The van der Waals surface area contributed by atoms with Crippen molar-refractivity contribution in [3.05, 3.63) is 66.3 Å². The number of hydrogen-bond donors (Lipinski definition) is 2. The Kier molecular flexibility index (Phi) is 4.00. The third-order valence-electron chi connectivity index (χ3n) is 7.44. The predicted molar refractivity (Wildman–Crippen MR) is 118 cm³/mol. The smallest absolute Gasteiger partial charge is 0.310 e. The minimum Gasteiger partial charge on any atom is -0.481 e. The molecule has 32 heavy (non-hydrogen) atoms. The van der Waals surface area contributed by atoms with Crippen LogP contribution in [0.2, 0.25) is 0 Å². The second-order valence-corrected chi connectivity index (χ2v) is 9.24. The topological polar surface area (TPSA) is 97.4 Å². The van der Waals surface area contributed by atoms with Crippen molar-refractivity contribution in [2.24, 2.45) is 17.3 Å². The summed E-state index contributed by atoms with van der Waals surface area (Å²) in [5.41, 5.74) is 1.45. The Labute approximate surface area is 184 Å². The molecule has 4 aromatic rings. The van der Waals surface area contributed by atoms with Gasteiger partial charge >= 0.3 is 5.97 Å². The molecule has 1 amide bonds. The van der Waals surface area contributed by atoms with Gasteiger partial charge in [0.15, 0.2) is 0 Å². The summed E-state index contributed by atoms with van der Waals surface area (Å²) in [6.45, 7) is 2.40. The molecular weight excluding hydrogens is 406 g/mol. The Hall–Kier alpha value is -3.61. The number of carboxylic acid groups (broad SMARTS) is 1. The van der Waals surface area contributed by atoms with Crippen molar-refractivity contribution in [3.63, 3.8) is 0 Å². The van der Waals surface area contributed by atoms with Gasteiger partial charge in [-0.3, -0.25) is 14.6 Å². The molecule has 0 spiro atoms. The standard InChI is InChI=1S/C25H23N3O4/c1-14(21-17-9-25(21,10-17)24(30)31)27-23(29)19-12-26-11-16-6-7-28(22(16)19)13-18-8-15-4-2-3-5-20(15)32-18/h2-8,11-12,14,17,21H,9-10,13H2,1H3,(H,27,29)(H,30,31). The third-order valence-corrected chi connectivity index (χ3v) is 7.44. The largest absolute Gasteiger partial charge is 0.481 e. The number of hydrogen-bond acceptors (Lipinski definition) is 4. The van der Waals surface area contributed by atoms with Gasteiger partial charge in [-0.15, -0.1) is 0 Å². The number of amides is 1. The van der Waals surface area contributed by atoms with Gasteiger partial charge in [0.2, 0.25) is 0 Å². The molecule has 3 aromatic heterocycles. The maximum atomic E-state index is 13.2. The number of rotatable bonds is 6. The van der Waals surface area contributed by atoms with Gasteiger partial charge < -0.3 is 19.4 Å². The van der Waals surface area contributed by atoms with E-state index in [1.165, 1.54) is 0 Å². The molecule has 3 saturated carbocycles. The van der Waals surface area contributed by atoms with Crippen molar-refractivity contribution < 1.29 is 19.1 Å². The number of para-hydroxylation sites is 1. The minimum atomic E-state index is -0.741. The number of nitrogens with zero attached hydrogens (tertiary/aromatic N) is 2. The fourth-order valence-corrected chi connectivity index (χ4v) is 5.85. The normalized spacial score (nSPS) is 24.7. The van der Waals surface area contributed by atoms with Crippen LogP contribution in [0.1, 0.15) is 35.9 Å². The molecule has 162 valence electrons. The fourth-order valence-electron chi connectivity index (χ4n) is 5.85. The van der Waals surface area contributed by atoms with Gasteiger partial charge in [-0.2, -0.15) is 0 Å². The van der Waals surface area contributed by atoms with Crippen LogP contribution in [0, 0.1) is 17.3 Å². The van der Waals surface area contributed by atoms with E-state index in [4.69, 9.17) is 4.42 Å². The van der Waals surface area contributed by atoms with Crippen LogP contribution >= 0.6 is 0 Å². The van der Waals surface area contributed by atoms with Crippen molar-refractivity contribution >= 4 is 33.7 Å². The molecule has 3 fully saturated rings. The van der Waals surface area contributed by atoms with E-state index in [-0.39, 0.29) is 17.9 Å². The Balaban J connectivity index is 1.28. The summed E-state index contributed by atoms with van der Waals surface area (Å²) in [4.78, 5) is 29.2. The van der Waals surface area contributed by atoms with Crippen LogP contribution in [0.15, 0.2) is 59.4 Å². The lowest BCUT2D eigenvalue weighted by atomic mass is 9.36. The van der Waals surface area contributed by atoms with E-state index in [2.05, 4.69) is 10.3 Å². The van der Waals surface area contributed by atoms with Crippen LogP contribution in [-0.4, -0.2) is 32.6 Å². The van der Waals surface area contributed by atoms with Gasteiger partial charge in [0.1, 0.15) is 11.3 Å². The van der Waals surface area contributed by atoms with Gasteiger partial charge in [-0.05, 0) is 49.8 Å². The Morgan fingerprint density at radius 2 is 2.06 bits per heavy atom. The molecule has 3 aliphatic carbocycles.